The van der Waals surface area contributed by atoms with Gasteiger partial charge in [0.05, 0.1) is 6.04 Å². The van der Waals surface area contributed by atoms with Gasteiger partial charge < -0.3 is 10.2 Å². The molecule has 1 saturated carbocycles. The van der Waals surface area contributed by atoms with Crippen LogP contribution in [0, 0.1) is 5.92 Å². The predicted octanol–water partition coefficient (Wildman–Crippen LogP) is 2.17. The Morgan fingerprint density at radius 1 is 1.24 bits per heavy atom. The molecule has 17 heavy (non-hydrogen) atoms. The quantitative estimate of drug-likeness (QED) is 0.796. The summed E-state index contributed by atoms with van der Waals surface area (Å²) in [6.45, 7) is 1.95. The number of amides is 1. The molecule has 0 bridgehead atoms. The van der Waals surface area contributed by atoms with Gasteiger partial charge in [0, 0.05) is 13.1 Å². The Morgan fingerprint density at radius 3 is 2.71 bits per heavy atom. The van der Waals surface area contributed by atoms with E-state index in [4.69, 9.17) is 0 Å². The third-order valence-electron chi connectivity index (χ3n) is 4.39. The number of carbonyl (C=O) groups excluding carboxylic acids is 1. The number of piperidine rings is 1. The van der Waals surface area contributed by atoms with Gasteiger partial charge in [-0.15, -0.1) is 0 Å². The molecule has 1 amide bonds. The molecule has 2 rings (SSSR count). The minimum Gasteiger partial charge on any atom is -0.341 e. The van der Waals surface area contributed by atoms with Gasteiger partial charge in [0.2, 0.25) is 5.91 Å². The predicted molar refractivity (Wildman–Crippen MR) is 69.9 cm³/mol. The summed E-state index contributed by atoms with van der Waals surface area (Å²) in [5, 5.41) is 3.12. The number of likely N-dealkylation sites (N-methyl/N-ethyl adjacent to an activating group) is 1. The highest BCUT2D eigenvalue weighted by Crippen LogP contribution is 2.28. The smallest absolute Gasteiger partial charge is 0.239 e. The van der Waals surface area contributed by atoms with E-state index < -0.39 is 0 Å². The van der Waals surface area contributed by atoms with Crippen LogP contribution < -0.4 is 5.32 Å². The number of carbonyl (C=O) groups is 1. The second-order valence-corrected chi connectivity index (χ2v) is 5.60. The summed E-state index contributed by atoms with van der Waals surface area (Å²) in [6.07, 6.45) is 10.4. The molecule has 3 nitrogen and oxygen atoms in total. The topological polar surface area (TPSA) is 32.3 Å². The van der Waals surface area contributed by atoms with Crippen molar-refractivity contribution in [2.24, 2.45) is 5.92 Å². The number of nitrogens with zero attached hydrogens (tertiary/aromatic N) is 1. The molecular formula is C14H26N2O. The molecule has 98 valence electrons. The average molecular weight is 238 g/mol. The first-order chi connectivity index (χ1) is 8.31. The molecule has 3 heteroatoms. The largest absolute Gasteiger partial charge is 0.341 e. The average Bonchev–Trinajstić information content (AvgIpc) is 2.84. The van der Waals surface area contributed by atoms with Crippen molar-refractivity contribution in [3.63, 3.8) is 0 Å². The zero-order valence-electron chi connectivity index (χ0n) is 11.1. The summed E-state index contributed by atoms with van der Waals surface area (Å²) < 4.78 is 0. The summed E-state index contributed by atoms with van der Waals surface area (Å²) in [5.74, 6) is 1.28. The fourth-order valence-corrected chi connectivity index (χ4v) is 3.30. The lowest BCUT2D eigenvalue weighted by atomic mass is 10.0. The molecule has 1 atom stereocenters. The van der Waals surface area contributed by atoms with Crippen LogP contribution in [0.25, 0.3) is 0 Å². The molecule has 1 N–H and O–H groups in total. The molecule has 1 aliphatic carbocycles. The number of rotatable bonds is 5. The molecule has 1 unspecified atom stereocenters. The molecule has 1 aliphatic heterocycles. The van der Waals surface area contributed by atoms with Crippen LogP contribution in [0.2, 0.25) is 0 Å². The fourth-order valence-electron chi connectivity index (χ4n) is 3.30. The molecule has 0 aromatic heterocycles. The first-order valence-corrected chi connectivity index (χ1v) is 7.27. The van der Waals surface area contributed by atoms with E-state index in [1.54, 1.807) is 0 Å². The highest BCUT2D eigenvalue weighted by Gasteiger charge is 2.27. The summed E-state index contributed by atoms with van der Waals surface area (Å²) >= 11 is 0. The number of hydrogen-bond acceptors (Lipinski definition) is 2. The van der Waals surface area contributed by atoms with E-state index in [0.29, 0.717) is 5.91 Å². The molecule has 0 spiro atoms. The van der Waals surface area contributed by atoms with Crippen molar-refractivity contribution in [1.82, 2.24) is 10.2 Å². The van der Waals surface area contributed by atoms with Gasteiger partial charge in [-0.3, -0.25) is 4.79 Å². The lowest BCUT2D eigenvalue weighted by Crippen LogP contribution is -2.49. The Balaban J connectivity index is 1.68. The van der Waals surface area contributed by atoms with Gasteiger partial charge >= 0.3 is 0 Å². The zero-order valence-corrected chi connectivity index (χ0v) is 11.1. The second-order valence-electron chi connectivity index (χ2n) is 5.60. The van der Waals surface area contributed by atoms with Crippen molar-refractivity contribution in [2.75, 3.05) is 20.1 Å². The summed E-state index contributed by atoms with van der Waals surface area (Å²) in [5.41, 5.74) is 0. The fraction of sp³-hybridized carbons (Fsp3) is 0.929. The van der Waals surface area contributed by atoms with Gasteiger partial charge in [-0.1, -0.05) is 25.7 Å². The minimum atomic E-state index is 0.0789. The third-order valence-corrected chi connectivity index (χ3v) is 4.39. The maximum absolute atomic E-state index is 12.0. The summed E-state index contributed by atoms with van der Waals surface area (Å²) in [6, 6.07) is 0.0789. The standard InChI is InChI=1S/C14H26N2O/c1-15-13-9-5-11-16(14(13)17)10-4-8-12-6-2-3-7-12/h12-13,15H,2-11H2,1H3. The lowest BCUT2D eigenvalue weighted by molar-refractivity contribution is -0.135. The van der Waals surface area contributed by atoms with Gasteiger partial charge in [-0.2, -0.15) is 0 Å². The van der Waals surface area contributed by atoms with Crippen molar-refractivity contribution >= 4 is 5.91 Å². The zero-order chi connectivity index (χ0) is 12.1. The minimum absolute atomic E-state index is 0.0789. The van der Waals surface area contributed by atoms with Crippen molar-refractivity contribution in [1.29, 1.82) is 0 Å². The Hall–Kier alpha value is -0.570. The maximum atomic E-state index is 12.0. The van der Waals surface area contributed by atoms with Crippen LogP contribution in [0.3, 0.4) is 0 Å². The van der Waals surface area contributed by atoms with Crippen LogP contribution in [0.1, 0.15) is 51.4 Å². The molecule has 0 radical (unpaired) electrons. The van der Waals surface area contributed by atoms with Crippen LogP contribution in [0.5, 0.6) is 0 Å². The highest BCUT2D eigenvalue weighted by molar-refractivity contribution is 5.82. The van der Waals surface area contributed by atoms with Gasteiger partial charge in [-0.25, -0.2) is 0 Å². The molecule has 2 fully saturated rings. The Morgan fingerprint density at radius 2 is 2.00 bits per heavy atom. The molecular weight excluding hydrogens is 212 g/mol. The van der Waals surface area contributed by atoms with Crippen molar-refractivity contribution < 1.29 is 4.79 Å². The van der Waals surface area contributed by atoms with Crippen LogP contribution >= 0.6 is 0 Å². The van der Waals surface area contributed by atoms with Crippen LogP contribution in [0.15, 0.2) is 0 Å². The lowest BCUT2D eigenvalue weighted by Gasteiger charge is -2.32. The summed E-state index contributed by atoms with van der Waals surface area (Å²) in [4.78, 5) is 14.1. The van der Waals surface area contributed by atoms with Gasteiger partial charge in [0.15, 0.2) is 0 Å². The maximum Gasteiger partial charge on any atom is 0.239 e. The summed E-state index contributed by atoms with van der Waals surface area (Å²) in [7, 11) is 1.89. The molecule has 0 aromatic carbocycles. The van der Waals surface area contributed by atoms with Gasteiger partial charge in [0.1, 0.15) is 0 Å². The van der Waals surface area contributed by atoms with Gasteiger partial charge in [0.25, 0.3) is 0 Å². The van der Waals surface area contributed by atoms with E-state index in [0.717, 1.165) is 31.8 Å². The van der Waals surface area contributed by atoms with Gasteiger partial charge in [-0.05, 0) is 38.6 Å². The molecule has 1 heterocycles. The highest BCUT2D eigenvalue weighted by atomic mass is 16.2. The normalized spacial score (nSPS) is 26.8. The monoisotopic (exact) mass is 238 g/mol. The van der Waals surface area contributed by atoms with E-state index in [1.807, 2.05) is 7.05 Å². The Labute approximate surface area is 105 Å². The van der Waals surface area contributed by atoms with Crippen LogP contribution in [-0.4, -0.2) is 37.0 Å². The van der Waals surface area contributed by atoms with E-state index in [-0.39, 0.29) is 6.04 Å². The second kappa shape index (κ2) is 6.39. The molecule has 1 saturated heterocycles. The van der Waals surface area contributed by atoms with Crippen molar-refractivity contribution in [3.8, 4) is 0 Å². The van der Waals surface area contributed by atoms with Crippen molar-refractivity contribution in [2.45, 2.75) is 57.4 Å². The van der Waals surface area contributed by atoms with E-state index >= 15 is 0 Å². The van der Waals surface area contributed by atoms with Crippen LogP contribution in [-0.2, 0) is 4.79 Å². The first-order valence-electron chi connectivity index (χ1n) is 7.27. The Bertz CT molecular complexity index is 249. The number of likely N-dealkylation sites (tertiary alicyclic amines) is 1. The Kier molecular flexibility index (Phi) is 4.84. The van der Waals surface area contributed by atoms with Crippen LogP contribution in [0.4, 0.5) is 0 Å². The van der Waals surface area contributed by atoms with E-state index in [1.165, 1.54) is 38.5 Å². The SMILES string of the molecule is CNC1CCCN(CCCC2CCCC2)C1=O. The van der Waals surface area contributed by atoms with E-state index in [2.05, 4.69) is 10.2 Å². The molecule has 2 aliphatic rings. The third kappa shape index (κ3) is 3.44. The number of nitrogens with one attached hydrogen (secondary N) is 1. The molecule has 0 aromatic rings. The van der Waals surface area contributed by atoms with E-state index in [9.17, 15) is 4.79 Å². The van der Waals surface area contributed by atoms with Crippen molar-refractivity contribution in [3.05, 3.63) is 0 Å². The first kappa shape index (κ1) is 12.9. The number of hydrogen-bond donors (Lipinski definition) is 1.